The van der Waals surface area contributed by atoms with E-state index in [0.29, 0.717) is 12.6 Å². The summed E-state index contributed by atoms with van der Waals surface area (Å²) in [6, 6.07) is 8.29. The van der Waals surface area contributed by atoms with Crippen molar-refractivity contribution >= 4 is 21.6 Å². The zero-order chi connectivity index (χ0) is 19.4. The number of carbonyl (C=O) groups excluding carboxylic acids is 1. The van der Waals surface area contributed by atoms with Crippen LogP contribution in [0.5, 0.6) is 0 Å². The van der Waals surface area contributed by atoms with Crippen LogP contribution in [0.25, 0.3) is 0 Å². The van der Waals surface area contributed by atoms with Crippen molar-refractivity contribution < 1.29 is 22.0 Å². The van der Waals surface area contributed by atoms with Crippen molar-refractivity contribution in [2.75, 3.05) is 17.8 Å². The first kappa shape index (κ1) is 19.2. The first-order valence-corrected chi connectivity index (χ1v) is 9.93. The average molecular weight is 395 g/mol. The van der Waals surface area contributed by atoms with E-state index in [-0.39, 0.29) is 17.3 Å². The van der Waals surface area contributed by atoms with Gasteiger partial charge in [-0.2, -0.15) is 0 Å². The van der Waals surface area contributed by atoms with E-state index in [2.05, 4.69) is 15.4 Å². The molecule has 9 heteroatoms. The van der Waals surface area contributed by atoms with Crippen LogP contribution in [-0.4, -0.2) is 33.5 Å². The molecule has 2 aromatic rings. The number of rotatable bonds is 6. The second kappa shape index (κ2) is 8.01. The summed E-state index contributed by atoms with van der Waals surface area (Å²) < 4.78 is 54.3. The van der Waals surface area contributed by atoms with Gasteiger partial charge in [0.2, 0.25) is 0 Å². The van der Waals surface area contributed by atoms with Crippen LogP contribution in [0.1, 0.15) is 23.2 Å². The van der Waals surface area contributed by atoms with E-state index in [1.165, 1.54) is 18.2 Å². The van der Waals surface area contributed by atoms with E-state index >= 15 is 0 Å². The lowest BCUT2D eigenvalue weighted by Gasteiger charge is -2.15. The molecule has 2 aromatic carbocycles. The van der Waals surface area contributed by atoms with Crippen molar-refractivity contribution in [2.24, 2.45) is 0 Å². The molecule has 1 atom stereocenters. The van der Waals surface area contributed by atoms with Gasteiger partial charge in [0, 0.05) is 12.6 Å². The molecule has 1 unspecified atom stereocenters. The second-order valence-electron chi connectivity index (χ2n) is 6.23. The van der Waals surface area contributed by atoms with Gasteiger partial charge in [0.05, 0.1) is 11.3 Å². The van der Waals surface area contributed by atoms with Crippen LogP contribution in [-0.2, 0) is 10.0 Å². The van der Waals surface area contributed by atoms with Gasteiger partial charge in [-0.1, -0.05) is 12.1 Å². The maximum absolute atomic E-state index is 13.8. The van der Waals surface area contributed by atoms with Crippen molar-refractivity contribution in [3.63, 3.8) is 0 Å². The molecule has 1 fully saturated rings. The third-order valence-corrected chi connectivity index (χ3v) is 5.65. The molecule has 27 heavy (non-hydrogen) atoms. The number of hydrogen-bond acceptors (Lipinski definition) is 4. The third-order valence-electron chi connectivity index (χ3n) is 4.27. The summed E-state index contributed by atoms with van der Waals surface area (Å²) in [5.41, 5.74) is 0.0777. The van der Waals surface area contributed by atoms with Gasteiger partial charge in [0.1, 0.15) is 16.5 Å². The summed E-state index contributed by atoms with van der Waals surface area (Å²) in [7, 11) is -4.41. The molecule has 1 heterocycles. The Morgan fingerprint density at radius 2 is 1.96 bits per heavy atom. The molecule has 3 N–H and O–H groups in total. The lowest BCUT2D eigenvalue weighted by molar-refractivity contribution is 0.0951. The van der Waals surface area contributed by atoms with Gasteiger partial charge in [0.25, 0.3) is 15.9 Å². The molecular formula is C18H19F2N3O3S. The van der Waals surface area contributed by atoms with Crippen molar-refractivity contribution in [1.82, 2.24) is 10.6 Å². The van der Waals surface area contributed by atoms with Crippen LogP contribution < -0.4 is 15.4 Å². The molecule has 0 bridgehead atoms. The minimum Gasteiger partial charge on any atom is -0.350 e. The summed E-state index contributed by atoms with van der Waals surface area (Å²) in [5.74, 6) is -2.42. The highest BCUT2D eigenvalue weighted by atomic mass is 32.2. The Kier molecular flexibility index (Phi) is 5.71. The van der Waals surface area contributed by atoms with E-state index in [4.69, 9.17) is 0 Å². The first-order valence-electron chi connectivity index (χ1n) is 8.45. The number of carbonyl (C=O) groups is 1. The SMILES string of the molecule is O=C(NCC1CCCN1)c1ccccc1NS(=O)(=O)c1cc(F)ccc1F. The predicted molar refractivity (Wildman–Crippen MR) is 97.0 cm³/mol. The molecule has 0 radical (unpaired) electrons. The lowest BCUT2D eigenvalue weighted by Crippen LogP contribution is -2.37. The monoisotopic (exact) mass is 395 g/mol. The van der Waals surface area contributed by atoms with E-state index in [1.54, 1.807) is 6.07 Å². The average Bonchev–Trinajstić information content (AvgIpc) is 3.15. The van der Waals surface area contributed by atoms with E-state index < -0.39 is 32.5 Å². The number of sulfonamides is 1. The fourth-order valence-corrected chi connectivity index (χ4v) is 4.07. The smallest absolute Gasteiger partial charge is 0.264 e. The maximum Gasteiger partial charge on any atom is 0.264 e. The Labute approximate surface area is 156 Å². The molecule has 144 valence electrons. The van der Waals surface area contributed by atoms with E-state index in [9.17, 15) is 22.0 Å². The van der Waals surface area contributed by atoms with Crippen LogP contribution in [0.15, 0.2) is 47.4 Å². The van der Waals surface area contributed by atoms with Gasteiger partial charge in [-0.05, 0) is 49.7 Å². The van der Waals surface area contributed by atoms with Crippen molar-refractivity contribution in [2.45, 2.75) is 23.8 Å². The molecule has 0 aromatic heterocycles. The standard InChI is InChI=1S/C18H19F2N3O3S/c19-12-7-8-15(20)17(10-12)27(25,26)23-16-6-2-1-5-14(16)18(24)22-11-13-4-3-9-21-13/h1-2,5-8,10,13,21,23H,3-4,9,11H2,(H,22,24). The van der Waals surface area contributed by atoms with Crippen LogP contribution in [0.2, 0.25) is 0 Å². The zero-order valence-corrected chi connectivity index (χ0v) is 15.2. The number of nitrogens with one attached hydrogen (secondary N) is 3. The maximum atomic E-state index is 13.8. The van der Waals surface area contributed by atoms with Gasteiger partial charge in [-0.15, -0.1) is 0 Å². The van der Waals surface area contributed by atoms with Crippen LogP contribution in [0, 0.1) is 11.6 Å². The number of benzene rings is 2. The van der Waals surface area contributed by atoms with Crippen LogP contribution in [0.4, 0.5) is 14.5 Å². The molecule has 3 rings (SSSR count). The van der Waals surface area contributed by atoms with Gasteiger partial charge in [0.15, 0.2) is 0 Å². The molecule has 0 saturated carbocycles. The van der Waals surface area contributed by atoms with Gasteiger partial charge in [-0.25, -0.2) is 17.2 Å². The Morgan fingerprint density at radius 1 is 1.19 bits per heavy atom. The predicted octanol–water partition coefficient (Wildman–Crippen LogP) is 2.25. The Balaban J connectivity index is 1.80. The normalized spacial score (nSPS) is 16.9. The Morgan fingerprint density at radius 3 is 2.70 bits per heavy atom. The lowest BCUT2D eigenvalue weighted by atomic mass is 10.1. The third kappa shape index (κ3) is 4.61. The number of amides is 1. The minimum absolute atomic E-state index is 0.0157. The number of halogens is 2. The highest BCUT2D eigenvalue weighted by molar-refractivity contribution is 7.92. The summed E-state index contributed by atoms with van der Waals surface area (Å²) in [5, 5.41) is 6.00. The molecule has 1 amide bonds. The van der Waals surface area contributed by atoms with E-state index in [1.807, 2.05) is 0 Å². The summed E-state index contributed by atoms with van der Waals surface area (Å²) >= 11 is 0. The van der Waals surface area contributed by atoms with Gasteiger partial charge >= 0.3 is 0 Å². The molecule has 0 aliphatic carbocycles. The van der Waals surface area contributed by atoms with Crippen LogP contribution >= 0.6 is 0 Å². The molecular weight excluding hydrogens is 376 g/mol. The molecule has 0 spiro atoms. The summed E-state index contributed by atoms with van der Waals surface area (Å²) in [6.45, 7) is 1.31. The van der Waals surface area contributed by atoms with Gasteiger partial charge < -0.3 is 10.6 Å². The number of hydrogen-bond donors (Lipinski definition) is 3. The molecule has 1 aliphatic heterocycles. The van der Waals surface area contributed by atoms with Gasteiger partial charge in [-0.3, -0.25) is 9.52 Å². The number of para-hydroxylation sites is 1. The highest BCUT2D eigenvalue weighted by Crippen LogP contribution is 2.22. The topological polar surface area (TPSA) is 87.3 Å². The second-order valence-corrected chi connectivity index (χ2v) is 7.88. The Bertz CT molecular complexity index is 945. The molecule has 6 nitrogen and oxygen atoms in total. The fraction of sp³-hybridized carbons (Fsp3) is 0.278. The van der Waals surface area contributed by atoms with Crippen LogP contribution in [0.3, 0.4) is 0 Å². The molecule has 1 saturated heterocycles. The van der Waals surface area contributed by atoms with E-state index in [0.717, 1.165) is 31.5 Å². The van der Waals surface area contributed by atoms with Crippen molar-refractivity contribution in [1.29, 1.82) is 0 Å². The quantitative estimate of drug-likeness (QED) is 0.700. The van der Waals surface area contributed by atoms with Crippen molar-refractivity contribution in [3.05, 3.63) is 59.7 Å². The molecule has 1 aliphatic rings. The highest BCUT2D eigenvalue weighted by Gasteiger charge is 2.23. The Hall–Kier alpha value is -2.52. The zero-order valence-electron chi connectivity index (χ0n) is 14.3. The number of anilines is 1. The summed E-state index contributed by atoms with van der Waals surface area (Å²) in [4.78, 5) is 11.6. The minimum atomic E-state index is -4.41. The largest absolute Gasteiger partial charge is 0.350 e. The van der Waals surface area contributed by atoms with Crippen molar-refractivity contribution in [3.8, 4) is 0 Å². The summed E-state index contributed by atoms with van der Waals surface area (Å²) in [6.07, 6.45) is 1.99. The fourth-order valence-electron chi connectivity index (χ4n) is 2.90. The first-order chi connectivity index (χ1) is 12.9.